The molecule has 3 aromatic carbocycles. The number of hydrogen-bond donors (Lipinski definition) is 2. The first-order valence-corrected chi connectivity index (χ1v) is 9.40. The number of hydrogen-bond acceptors (Lipinski definition) is 3. The van der Waals surface area contributed by atoms with Crippen molar-refractivity contribution in [3.8, 4) is 5.75 Å². The van der Waals surface area contributed by atoms with Gasteiger partial charge in [-0.3, -0.25) is 9.79 Å². The van der Waals surface area contributed by atoms with Gasteiger partial charge < -0.3 is 10.4 Å². The first-order chi connectivity index (χ1) is 12.9. The molecule has 0 spiro atoms. The summed E-state index contributed by atoms with van der Waals surface area (Å²) in [5, 5.41) is 12.8. The van der Waals surface area contributed by atoms with Crippen molar-refractivity contribution in [1.82, 2.24) is 0 Å². The molecule has 7 heteroatoms. The third-order valence-corrected chi connectivity index (χ3v) is 4.68. The van der Waals surface area contributed by atoms with Crippen LogP contribution in [0.5, 0.6) is 5.75 Å². The van der Waals surface area contributed by atoms with E-state index in [1.54, 1.807) is 36.4 Å². The van der Waals surface area contributed by atoms with E-state index in [-0.39, 0.29) is 11.7 Å². The van der Waals surface area contributed by atoms with Crippen molar-refractivity contribution < 1.29 is 14.3 Å². The molecular weight excluding hydrogens is 479 g/mol. The molecule has 0 aliphatic carbocycles. The van der Waals surface area contributed by atoms with Crippen molar-refractivity contribution in [3.05, 3.63) is 86.6 Å². The van der Waals surface area contributed by atoms with Crippen LogP contribution in [0.3, 0.4) is 0 Å². The van der Waals surface area contributed by atoms with Gasteiger partial charge in [0.05, 0.1) is 10.2 Å². The fourth-order valence-electron chi connectivity index (χ4n) is 2.30. The highest BCUT2D eigenvalue weighted by Gasteiger charge is 2.07. The molecule has 0 aliphatic rings. The van der Waals surface area contributed by atoms with Gasteiger partial charge in [0.2, 0.25) is 0 Å². The monoisotopic (exact) mass is 490 g/mol. The highest BCUT2D eigenvalue weighted by atomic mass is 79.9. The Morgan fingerprint density at radius 1 is 1.07 bits per heavy atom. The second-order valence-corrected chi connectivity index (χ2v) is 7.37. The number of anilines is 1. The standard InChI is InChI=1S/C20H13Br2FN2O2/c21-14-8-13(19(26)18(22)9-14)11-24-16-2-1-3-17(10-16)25-20(27)12-4-6-15(23)7-5-12/h1-11,26H,(H,25,27). The van der Waals surface area contributed by atoms with Crippen LogP contribution in [-0.4, -0.2) is 17.2 Å². The maximum Gasteiger partial charge on any atom is 0.255 e. The van der Waals surface area contributed by atoms with Gasteiger partial charge in [-0.1, -0.05) is 22.0 Å². The van der Waals surface area contributed by atoms with Crippen LogP contribution in [0.1, 0.15) is 15.9 Å². The molecular formula is C20H13Br2FN2O2. The smallest absolute Gasteiger partial charge is 0.255 e. The molecule has 0 saturated heterocycles. The summed E-state index contributed by atoms with van der Waals surface area (Å²) in [4.78, 5) is 16.6. The minimum atomic E-state index is -0.398. The van der Waals surface area contributed by atoms with E-state index in [1.807, 2.05) is 0 Å². The van der Waals surface area contributed by atoms with Crippen molar-refractivity contribution in [2.45, 2.75) is 0 Å². The Bertz CT molecular complexity index is 1020. The molecule has 136 valence electrons. The molecule has 0 heterocycles. The summed E-state index contributed by atoms with van der Waals surface area (Å²) in [6.07, 6.45) is 1.53. The van der Waals surface area contributed by atoms with Crippen LogP contribution in [-0.2, 0) is 0 Å². The molecule has 27 heavy (non-hydrogen) atoms. The van der Waals surface area contributed by atoms with E-state index < -0.39 is 5.82 Å². The number of amides is 1. The number of rotatable bonds is 4. The molecule has 0 unspecified atom stereocenters. The summed E-state index contributed by atoms with van der Waals surface area (Å²) < 4.78 is 14.3. The first-order valence-electron chi connectivity index (χ1n) is 7.81. The minimum absolute atomic E-state index is 0.0858. The SMILES string of the molecule is O=C(Nc1cccc(N=Cc2cc(Br)cc(Br)c2O)c1)c1ccc(F)cc1. The Morgan fingerprint density at radius 2 is 1.81 bits per heavy atom. The summed E-state index contributed by atoms with van der Waals surface area (Å²) in [5.74, 6) is -0.655. The molecule has 1 amide bonds. The second kappa shape index (κ2) is 8.45. The topological polar surface area (TPSA) is 61.7 Å². The van der Waals surface area contributed by atoms with E-state index in [0.29, 0.717) is 27.0 Å². The third-order valence-electron chi connectivity index (χ3n) is 3.62. The lowest BCUT2D eigenvalue weighted by atomic mass is 10.2. The Labute approximate surface area is 172 Å². The zero-order chi connectivity index (χ0) is 19.4. The highest BCUT2D eigenvalue weighted by Crippen LogP contribution is 2.31. The number of halogens is 3. The molecule has 0 aromatic heterocycles. The maximum absolute atomic E-state index is 13.0. The quantitative estimate of drug-likeness (QED) is 0.436. The van der Waals surface area contributed by atoms with Crippen molar-refractivity contribution >= 4 is 55.4 Å². The number of nitrogens with zero attached hydrogens (tertiary/aromatic N) is 1. The highest BCUT2D eigenvalue weighted by molar-refractivity contribution is 9.11. The fraction of sp³-hybridized carbons (Fsp3) is 0. The van der Waals surface area contributed by atoms with Crippen LogP contribution in [0.25, 0.3) is 0 Å². The van der Waals surface area contributed by atoms with E-state index in [9.17, 15) is 14.3 Å². The molecule has 4 nitrogen and oxygen atoms in total. The fourth-order valence-corrected chi connectivity index (χ4v) is 3.56. The van der Waals surface area contributed by atoms with Gasteiger partial charge in [0.15, 0.2) is 0 Å². The van der Waals surface area contributed by atoms with Gasteiger partial charge in [-0.05, 0) is 70.5 Å². The van der Waals surface area contributed by atoms with Gasteiger partial charge in [0, 0.05) is 27.5 Å². The molecule has 0 atom stereocenters. The number of carbonyl (C=O) groups excluding carboxylic acids is 1. The van der Waals surface area contributed by atoms with E-state index >= 15 is 0 Å². The van der Waals surface area contributed by atoms with Crippen LogP contribution in [0, 0.1) is 5.82 Å². The van der Waals surface area contributed by atoms with Gasteiger partial charge >= 0.3 is 0 Å². The third kappa shape index (κ3) is 5.02. The molecule has 0 fully saturated rings. The summed E-state index contributed by atoms with van der Waals surface area (Å²) >= 11 is 6.64. The first kappa shape index (κ1) is 19.3. The number of phenols is 1. The summed E-state index contributed by atoms with van der Waals surface area (Å²) in [5.41, 5.74) is 2.05. The van der Waals surface area contributed by atoms with Gasteiger partial charge in [0.25, 0.3) is 5.91 Å². The van der Waals surface area contributed by atoms with Crippen molar-refractivity contribution in [2.24, 2.45) is 4.99 Å². The van der Waals surface area contributed by atoms with Crippen LogP contribution < -0.4 is 5.32 Å². The Kier molecular flexibility index (Phi) is 6.03. The molecule has 0 radical (unpaired) electrons. The number of aliphatic imine (C=N–C) groups is 1. The van der Waals surface area contributed by atoms with E-state index in [4.69, 9.17) is 0 Å². The minimum Gasteiger partial charge on any atom is -0.506 e. The van der Waals surface area contributed by atoms with Crippen LogP contribution >= 0.6 is 31.9 Å². The van der Waals surface area contributed by atoms with Crippen molar-refractivity contribution in [1.29, 1.82) is 0 Å². The predicted molar refractivity (Wildman–Crippen MR) is 112 cm³/mol. The lowest BCUT2D eigenvalue weighted by Crippen LogP contribution is -2.11. The Morgan fingerprint density at radius 3 is 2.56 bits per heavy atom. The molecule has 0 bridgehead atoms. The lowest BCUT2D eigenvalue weighted by Gasteiger charge is -2.06. The number of carbonyl (C=O) groups is 1. The van der Waals surface area contributed by atoms with E-state index in [2.05, 4.69) is 42.2 Å². The normalized spacial score (nSPS) is 10.9. The van der Waals surface area contributed by atoms with Crippen molar-refractivity contribution in [3.63, 3.8) is 0 Å². The Hall–Kier alpha value is -2.51. The molecule has 3 aromatic rings. The number of benzene rings is 3. The average Bonchev–Trinajstić information content (AvgIpc) is 2.64. The lowest BCUT2D eigenvalue weighted by molar-refractivity contribution is 0.102. The maximum atomic E-state index is 13.0. The zero-order valence-corrected chi connectivity index (χ0v) is 17.0. The summed E-state index contributed by atoms with van der Waals surface area (Å²) in [6, 6.07) is 15.7. The molecule has 0 saturated carbocycles. The van der Waals surface area contributed by atoms with Gasteiger partial charge in [0.1, 0.15) is 11.6 Å². The average molecular weight is 492 g/mol. The van der Waals surface area contributed by atoms with Crippen molar-refractivity contribution in [2.75, 3.05) is 5.32 Å². The molecule has 2 N–H and O–H groups in total. The summed E-state index contributed by atoms with van der Waals surface area (Å²) in [7, 11) is 0. The van der Waals surface area contributed by atoms with Crippen LogP contribution in [0.4, 0.5) is 15.8 Å². The van der Waals surface area contributed by atoms with Crippen LogP contribution in [0.15, 0.2) is 74.6 Å². The van der Waals surface area contributed by atoms with Gasteiger partial charge in [-0.2, -0.15) is 0 Å². The second-order valence-electron chi connectivity index (χ2n) is 5.59. The molecule has 3 rings (SSSR count). The van der Waals surface area contributed by atoms with Gasteiger partial charge in [-0.25, -0.2) is 4.39 Å². The van der Waals surface area contributed by atoms with Gasteiger partial charge in [-0.15, -0.1) is 0 Å². The Balaban J connectivity index is 1.78. The largest absolute Gasteiger partial charge is 0.506 e. The number of nitrogens with one attached hydrogen (secondary N) is 1. The predicted octanol–water partition coefficient (Wildman–Crippen LogP) is 6.06. The van der Waals surface area contributed by atoms with Crippen LogP contribution in [0.2, 0.25) is 0 Å². The number of phenolic OH excluding ortho intramolecular Hbond substituents is 1. The zero-order valence-electron chi connectivity index (χ0n) is 13.8. The molecule has 0 aliphatic heterocycles. The number of aromatic hydroxyl groups is 1. The van der Waals surface area contributed by atoms with E-state index in [0.717, 1.165) is 4.47 Å². The van der Waals surface area contributed by atoms with E-state index in [1.165, 1.54) is 30.5 Å². The summed E-state index contributed by atoms with van der Waals surface area (Å²) in [6.45, 7) is 0.